The molecule has 7 heteroatoms. The lowest BCUT2D eigenvalue weighted by Crippen LogP contribution is -2.72. The van der Waals surface area contributed by atoms with Crippen LogP contribution in [0.3, 0.4) is 0 Å². The summed E-state index contributed by atoms with van der Waals surface area (Å²) >= 11 is 0. The first kappa shape index (κ1) is 30.4. The molecule has 2 N–H and O–H groups in total. The van der Waals surface area contributed by atoms with E-state index in [1.165, 1.54) is 71.1 Å². The van der Waals surface area contributed by atoms with Crippen LogP contribution >= 0.6 is 0 Å². The maximum atomic E-state index is 12.3. The predicted molar refractivity (Wildman–Crippen MR) is 126 cm³/mol. The quantitative estimate of drug-likeness (QED) is 0.164. The minimum atomic E-state index is -1.66. The molecule has 0 aromatic heterocycles. The standard InChI is InChI=1S/C25H48N2O5/c1-6-7-8-9-10-11-12-13-14-15-16-17-18-19-22(28)26-21(2)27(4,5)25(3,24(31)32)20-23(29)30/h21H,6-20H2,1-5H3,(H2-,26,28,29,30,31,32). The van der Waals surface area contributed by atoms with Gasteiger partial charge in [-0.2, -0.15) is 0 Å². The summed E-state index contributed by atoms with van der Waals surface area (Å²) in [5.74, 6) is -2.79. The second-order valence-corrected chi connectivity index (χ2v) is 9.91. The van der Waals surface area contributed by atoms with E-state index in [1.807, 2.05) is 0 Å². The topological polar surface area (TPSA) is 107 Å². The zero-order chi connectivity index (χ0) is 24.6. The molecular formula is C25H48N2O5. The van der Waals surface area contributed by atoms with Gasteiger partial charge in [0.1, 0.15) is 17.9 Å². The molecule has 0 rings (SSSR count). The van der Waals surface area contributed by atoms with Crippen molar-refractivity contribution in [1.82, 2.24) is 5.32 Å². The Morgan fingerprint density at radius 1 is 0.875 bits per heavy atom. The zero-order valence-corrected chi connectivity index (χ0v) is 21.2. The van der Waals surface area contributed by atoms with Crippen LogP contribution in [-0.2, 0) is 14.4 Å². The number of amides is 1. The lowest BCUT2D eigenvalue weighted by molar-refractivity contribution is -0.954. The first-order chi connectivity index (χ1) is 15.0. The molecule has 32 heavy (non-hydrogen) atoms. The number of quaternary nitrogens is 1. The van der Waals surface area contributed by atoms with Gasteiger partial charge in [0.15, 0.2) is 6.17 Å². The molecule has 2 unspecified atom stereocenters. The molecule has 0 aliphatic rings. The van der Waals surface area contributed by atoms with E-state index < -0.39 is 30.1 Å². The van der Waals surface area contributed by atoms with Gasteiger partial charge in [0.25, 0.3) is 0 Å². The summed E-state index contributed by atoms with van der Waals surface area (Å²) < 4.78 is -0.216. The lowest BCUT2D eigenvalue weighted by Gasteiger charge is -2.49. The molecule has 0 radical (unpaired) electrons. The van der Waals surface area contributed by atoms with E-state index in [1.54, 1.807) is 21.0 Å². The molecule has 0 fully saturated rings. The van der Waals surface area contributed by atoms with Crippen molar-refractivity contribution in [1.29, 1.82) is 0 Å². The highest BCUT2D eigenvalue weighted by molar-refractivity contribution is 5.82. The number of nitrogens with zero attached hydrogens (tertiary/aromatic N) is 1. The second-order valence-electron chi connectivity index (χ2n) is 9.91. The molecule has 0 aromatic carbocycles. The average molecular weight is 457 g/mol. The maximum Gasteiger partial charge on any atom is 0.310 e. The zero-order valence-electron chi connectivity index (χ0n) is 21.2. The summed E-state index contributed by atoms with van der Waals surface area (Å²) in [6.07, 6.45) is 15.4. The fraction of sp³-hybridized carbons (Fsp3) is 0.880. The van der Waals surface area contributed by atoms with Crippen LogP contribution < -0.4 is 10.4 Å². The molecule has 188 valence electrons. The average Bonchev–Trinajstić information content (AvgIpc) is 2.70. The molecule has 1 amide bonds. The van der Waals surface area contributed by atoms with Crippen LogP contribution in [0.25, 0.3) is 0 Å². The van der Waals surface area contributed by atoms with E-state index >= 15 is 0 Å². The number of hydrogen-bond acceptors (Lipinski definition) is 4. The van der Waals surface area contributed by atoms with Gasteiger partial charge in [0.05, 0.1) is 14.1 Å². The minimum absolute atomic E-state index is 0.136. The number of nitrogens with one attached hydrogen (secondary N) is 1. The number of carboxylic acids is 2. The molecule has 0 aromatic rings. The predicted octanol–water partition coefficient (Wildman–Crippen LogP) is 3.99. The van der Waals surface area contributed by atoms with Gasteiger partial charge in [0, 0.05) is 13.3 Å². The Morgan fingerprint density at radius 2 is 1.28 bits per heavy atom. The van der Waals surface area contributed by atoms with Gasteiger partial charge < -0.3 is 20.3 Å². The summed E-state index contributed by atoms with van der Waals surface area (Å²) in [6, 6.07) is 0. The van der Waals surface area contributed by atoms with Crippen LogP contribution in [0, 0.1) is 0 Å². The number of carbonyl (C=O) groups is 3. The Hall–Kier alpha value is -1.63. The molecule has 0 heterocycles. The third-order valence-electron chi connectivity index (χ3n) is 7.05. The van der Waals surface area contributed by atoms with Crippen LogP contribution in [0.2, 0.25) is 0 Å². The Kier molecular flexibility index (Phi) is 15.2. The molecule has 0 saturated heterocycles. The van der Waals surface area contributed by atoms with E-state index in [4.69, 9.17) is 5.11 Å². The van der Waals surface area contributed by atoms with Crippen LogP contribution in [0.15, 0.2) is 0 Å². The van der Waals surface area contributed by atoms with Crippen molar-refractivity contribution in [3.63, 3.8) is 0 Å². The van der Waals surface area contributed by atoms with E-state index in [-0.39, 0.29) is 10.4 Å². The second kappa shape index (κ2) is 16.1. The monoisotopic (exact) mass is 456 g/mol. The Labute approximate surface area is 195 Å². The molecule has 7 nitrogen and oxygen atoms in total. The van der Waals surface area contributed by atoms with Gasteiger partial charge in [-0.25, -0.2) is 0 Å². The third kappa shape index (κ3) is 11.3. The van der Waals surface area contributed by atoms with Crippen molar-refractivity contribution in [2.24, 2.45) is 0 Å². The Balaban J connectivity index is 4.06. The van der Waals surface area contributed by atoms with Crippen LogP contribution in [0.4, 0.5) is 0 Å². The summed E-state index contributed by atoms with van der Waals surface area (Å²) in [4.78, 5) is 35.2. The van der Waals surface area contributed by atoms with E-state index in [0.717, 1.165) is 19.3 Å². The van der Waals surface area contributed by atoms with Crippen molar-refractivity contribution in [3.05, 3.63) is 0 Å². The molecule has 0 bridgehead atoms. The highest BCUT2D eigenvalue weighted by atomic mass is 16.4. The summed E-state index contributed by atoms with van der Waals surface area (Å²) in [5, 5.41) is 23.7. The molecule has 2 atom stereocenters. The third-order valence-corrected chi connectivity index (χ3v) is 7.05. The number of aliphatic carboxylic acids is 2. The van der Waals surface area contributed by atoms with Crippen molar-refractivity contribution in [3.8, 4) is 0 Å². The van der Waals surface area contributed by atoms with Gasteiger partial charge in [-0.1, -0.05) is 84.0 Å². The largest absolute Gasteiger partial charge is 0.544 e. The van der Waals surface area contributed by atoms with E-state index in [0.29, 0.717) is 6.42 Å². The highest BCUT2D eigenvalue weighted by Crippen LogP contribution is 2.27. The van der Waals surface area contributed by atoms with Crippen molar-refractivity contribution < 1.29 is 29.1 Å². The van der Waals surface area contributed by atoms with Crippen molar-refractivity contribution >= 4 is 17.8 Å². The minimum Gasteiger partial charge on any atom is -0.544 e. The molecule has 0 saturated carbocycles. The normalized spacial score (nSPS) is 14.5. The number of likely N-dealkylation sites (N-methyl/N-ethyl adjacent to an activating group) is 1. The summed E-state index contributed by atoms with van der Waals surface area (Å²) in [5.41, 5.74) is -1.66. The highest BCUT2D eigenvalue weighted by Gasteiger charge is 2.48. The lowest BCUT2D eigenvalue weighted by atomic mass is 9.92. The van der Waals surface area contributed by atoms with Crippen molar-refractivity contribution in [2.75, 3.05) is 14.1 Å². The van der Waals surface area contributed by atoms with Crippen molar-refractivity contribution in [2.45, 2.75) is 129 Å². The van der Waals surface area contributed by atoms with E-state index in [2.05, 4.69) is 12.2 Å². The maximum absolute atomic E-state index is 12.3. The summed E-state index contributed by atoms with van der Waals surface area (Å²) in [7, 11) is 3.21. The summed E-state index contributed by atoms with van der Waals surface area (Å²) in [6.45, 7) is 5.29. The van der Waals surface area contributed by atoms with Gasteiger partial charge in [-0.15, -0.1) is 0 Å². The SMILES string of the molecule is CCCCCCCCCCCCCCCC(=O)NC(C)[N+](C)(C)C(C)(CC(=O)O)C(=O)[O-]. The molecule has 0 aliphatic heterocycles. The van der Waals surface area contributed by atoms with Crippen LogP contribution in [0.1, 0.15) is 117 Å². The number of carboxylic acid groups (broad SMARTS) is 2. The Morgan fingerprint density at radius 3 is 1.66 bits per heavy atom. The van der Waals surface area contributed by atoms with Gasteiger partial charge in [-0.3, -0.25) is 14.1 Å². The number of hydrogen-bond donors (Lipinski definition) is 2. The first-order valence-electron chi connectivity index (χ1n) is 12.6. The van der Waals surface area contributed by atoms with Crippen LogP contribution in [0.5, 0.6) is 0 Å². The van der Waals surface area contributed by atoms with Gasteiger partial charge >= 0.3 is 5.97 Å². The first-order valence-corrected chi connectivity index (χ1v) is 12.6. The fourth-order valence-electron chi connectivity index (χ4n) is 4.00. The molecule has 0 aliphatic carbocycles. The van der Waals surface area contributed by atoms with Gasteiger partial charge in [-0.05, 0) is 13.3 Å². The van der Waals surface area contributed by atoms with Gasteiger partial charge in [0.2, 0.25) is 5.91 Å². The van der Waals surface area contributed by atoms with E-state index in [9.17, 15) is 19.5 Å². The number of rotatable bonds is 20. The smallest absolute Gasteiger partial charge is 0.310 e. The molecular weight excluding hydrogens is 408 g/mol. The fourth-order valence-corrected chi connectivity index (χ4v) is 4.00. The Bertz CT molecular complexity index is 565. The number of carbonyl (C=O) groups excluding carboxylic acids is 2. The van der Waals surface area contributed by atoms with Crippen LogP contribution in [-0.4, -0.2) is 53.2 Å². The number of unbranched alkanes of at least 4 members (excludes halogenated alkanes) is 12. The molecule has 0 spiro atoms.